The van der Waals surface area contributed by atoms with Crippen molar-refractivity contribution >= 4 is 0 Å². The van der Waals surface area contributed by atoms with Crippen LogP contribution in [0.15, 0.2) is 99.7 Å². The van der Waals surface area contributed by atoms with Crippen molar-refractivity contribution in [3.63, 3.8) is 0 Å². The first-order chi connectivity index (χ1) is 16.9. The monoisotopic (exact) mass is 467 g/mol. The Morgan fingerprint density at radius 1 is 0.800 bits per heavy atom. The van der Waals surface area contributed by atoms with Crippen molar-refractivity contribution in [2.45, 2.75) is 13.8 Å². The fraction of sp³-hybridized carbons (Fsp3) is 0.0769. The number of hydrogen-bond donors (Lipinski definition) is 1. The molecule has 0 aliphatic carbocycles. The maximum Gasteiger partial charge on any atom is 0.345 e. The standard InChI is InChI=1S/C26H21N5O4/c1-17-7-6-8-19(13-17)30-24(32)28-25(33)31(26(30)34)20-11-12-23(35-21-9-4-3-5-10-21)22(14-20)29-15-18(2)27-16-29/h3-16H,1-2H3,(H,28,32,33). The lowest BCUT2D eigenvalue weighted by Crippen LogP contribution is -2.48. The topological polar surface area (TPSA) is 104 Å². The molecule has 0 radical (unpaired) electrons. The van der Waals surface area contributed by atoms with E-state index in [9.17, 15) is 14.4 Å². The smallest absolute Gasteiger partial charge is 0.345 e. The molecule has 0 unspecified atom stereocenters. The maximum absolute atomic E-state index is 13.4. The summed E-state index contributed by atoms with van der Waals surface area (Å²) in [6, 6.07) is 21.1. The Hall–Kier alpha value is -4.92. The van der Waals surface area contributed by atoms with Gasteiger partial charge in [-0.1, -0.05) is 30.3 Å². The van der Waals surface area contributed by atoms with Crippen molar-refractivity contribution < 1.29 is 4.74 Å². The second-order valence-electron chi connectivity index (χ2n) is 8.02. The van der Waals surface area contributed by atoms with Gasteiger partial charge in [0.05, 0.1) is 29.1 Å². The summed E-state index contributed by atoms with van der Waals surface area (Å²) in [6.07, 6.45) is 3.42. The van der Waals surface area contributed by atoms with E-state index in [1.807, 2.05) is 50.2 Å². The number of imidazole rings is 1. The Morgan fingerprint density at radius 2 is 1.51 bits per heavy atom. The Kier molecular flexibility index (Phi) is 5.50. The molecule has 35 heavy (non-hydrogen) atoms. The first-order valence-corrected chi connectivity index (χ1v) is 10.8. The molecule has 5 rings (SSSR count). The summed E-state index contributed by atoms with van der Waals surface area (Å²) in [7, 11) is 0. The summed E-state index contributed by atoms with van der Waals surface area (Å²) >= 11 is 0. The molecular formula is C26H21N5O4. The highest BCUT2D eigenvalue weighted by molar-refractivity contribution is 5.55. The molecule has 3 aromatic carbocycles. The highest BCUT2D eigenvalue weighted by atomic mass is 16.5. The highest BCUT2D eigenvalue weighted by Gasteiger charge is 2.16. The Bertz CT molecular complexity index is 1710. The van der Waals surface area contributed by atoms with E-state index in [1.54, 1.807) is 53.5 Å². The van der Waals surface area contributed by atoms with Crippen LogP contribution < -0.4 is 21.8 Å². The molecule has 5 aromatic rings. The van der Waals surface area contributed by atoms with Gasteiger partial charge in [-0.25, -0.2) is 28.5 Å². The SMILES string of the molecule is Cc1cccc(-n2c(=O)[nH]c(=O)n(-c3ccc(Oc4ccccc4)c(-n4cnc(C)c4)c3)c2=O)c1. The summed E-state index contributed by atoms with van der Waals surface area (Å²) in [5.74, 6) is 1.12. The van der Waals surface area contributed by atoms with E-state index >= 15 is 0 Å². The Balaban J connectivity index is 1.71. The second-order valence-corrected chi connectivity index (χ2v) is 8.02. The van der Waals surface area contributed by atoms with Gasteiger partial charge in [-0.2, -0.15) is 0 Å². The number of aryl methyl sites for hydroxylation is 2. The lowest BCUT2D eigenvalue weighted by atomic mass is 10.2. The van der Waals surface area contributed by atoms with Crippen LogP contribution in [0.5, 0.6) is 11.5 Å². The molecule has 0 aliphatic heterocycles. The van der Waals surface area contributed by atoms with Gasteiger partial charge in [-0.05, 0) is 61.9 Å². The quantitative estimate of drug-likeness (QED) is 0.427. The van der Waals surface area contributed by atoms with E-state index in [1.165, 1.54) is 0 Å². The molecular weight excluding hydrogens is 446 g/mol. The van der Waals surface area contributed by atoms with Crippen molar-refractivity contribution in [3.8, 4) is 28.6 Å². The number of H-pyrrole nitrogens is 1. The molecule has 0 amide bonds. The van der Waals surface area contributed by atoms with Gasteiger partial charge < -0.3 is 9.30 Å². The number of aromatic amines is 1. The van der Waals surface area contributed by atoms with Gasteiger partial charge in [0.2, 0.25) is 0 Å². The van der Waals surface area contributed by atoms with Gasteiger partial charge in [-0.15, -0.1) is 0 Å². The van der Waals surface area contributed by atoms with Gasteiger partial charge in [0.15, 0.2) is 5.75 Å². The fourth-order valence-corrected chi connectivity index (χ4v) is 3.80. The van der Waals surface area contributed by atoms with Crippen molar-refractivity contribution in [1.82, 2.24) is 23.7 Å². The summed E-state index contributed by atoms with van der Waals surface area (Å²) < 4.78 is 9.67. The van der Waals surface area contributed by atoms with Crippen LogP contribution in [0.1, 0.15) is 11.3 Å². The van der Waals surface area contributed by atoms with E-state index in [4.69, 9.17) is 4.74 Å². The van der Waals surface area contributed by atoms with E-state index in [-0.39, 0.29) is 5.69 Å². The number of nitrogens with zero attached hydrogens (tertiary/aromatic N) is 4. The van der Waals surface area contributed by atoms with Crippen molar-refractivity contribution in [1.29, 1.82) is 0 Å². The molecule has 0 saturated carbocycles. The number of ether oxygens (including phenoxy) is 1. The van der Waals surface area contributed by atoms with E-state index < -0.39 is 17.1 Å². The number of nitrogens with one attached hydrogen (secondary N) is 1. The molecule has 1 N–H and O–H groups in total. The van der Waals surface area contributed by atoms with Gasteiger partial charge in [0, 0.05) is 6.20 Å². The maximum atomic E-state index is 13.4. The molecule has 0 fully saturated rings. The molecule has 0 aliphatic rings. The van der Waals surface area contributed by atoms with Crippen LogP contribution in [0.4, 0.5) is 0 Å². The third kappa shape index (κ3) is 4.22. The Labute approximate surface area is 199 Å². The average Bonchev–Trinajstić information content (AvgIpc) is 3.26. The largest absolute Gasteiger partial charge is 0.455 e. The van der Waals surface area contributed by atoms with E-state index in [0.29, 0.717) is 22.9 Å². The number of para-hydroxylation sites is 1. The first-order valence-electron chi connectivity index (χ1n) is 10.8. The van der Waals surface area contributed by atoms with Gasteiger partial charge in [0.1, 0.15) is 5.75 Å². The lowest BCUT2D eigenvalue weighted by Gasteiger charge is -2.15. The predicted molar refractivity (Wildman–Crippen MR) is 131 cm³/mol. The summed E-state index contributed by atoms with van der Waals surface area (Å²) in [6.45, 7) is 3.70. The number of hydrogen-bond acceptors (Lipinski definition) is 5. The van der Waals surface area contributed by atoms with Gasteiger partial charge in [0.25, 0.3) is 0 Å². The van der Waals surface area contributed by atoms with Crippen molar-refractivity contribution in [2.24, 2.45) is 0 Å². The van der Waals surface area contributed by atoms with Crippen LogP contribution in [-0.4, -0.2) is 23.7 Å². The van der Waals surface area contributed by atoms with Crippen molar-refractivity contribution in [2.75, 3.05) is 0 Å². The summed E-state index contributed by atoms with van der Waals surface area (Å²) in [5, 5.41) is 0. The third-order valence-electron chi connectivity index (χ3n) is 5.42. The number of rotatable bonds is 5. The fourth-order valence-electron chi connectivity index (χ4n) is 3.80. The molecule has 9 heteroatoms. The van der Waals surface area contributed by atoms with Gasteiger partial charge in [-0.3, -0.25) is 4.98 Å². The minimum absolute atomic E-state index is 0.263. The molecule has 2 aromatic heterocycles. The molecule has 2 heterocycles. The molecule has 0 atom stereocenters. The van der Waals surface area contributed by atoms with Crippen molar-refractivity contribution in [3.05, 3.63) is 128 Å². The zero-order valence-corrected chi connectivity index (χ0v) is 19.0. The summed E-state index contributed by atoms with van der Waals surface area (Å²) in [4.78, 5) is 45.3. The van der Waals surface area contributed by atoms with Crippen LogP contribution in [0.3, 0.4) is 0 Å². The predicted octanol–water partition coefficient (Wildman–Crippen LogP) is 3.27. The first kappa shape index (κ1) is 21.9. The number of benzene rings is 3. The Morgan fingerprint density at radius 3 is 2.17 bits per heavy atom. The van der Waals surface area contributed by atoms with Crippen LogP contribution in [0, 0.1) is 13.8 Å². The molecule has 174 valence electrons. The zero-order valence-electron chi connectivity index (χ0n) is 19.0. The third-order valence-corrected chi connectivity index (χ3v) is 5.42. The van der Waals surface area contributed by atoms with E-state index in [0.717, 1.165) is 20.4 Å². The normalized spacial score (nSPS) is 10.9. The van der Waals surface area contributed by atoms with Crippen LogP contribution in [0.25, 0.3) is 17.1 Å². The minimum Gasteiger partial charge on any atom is -0.455 e. The zero-order chi connectivity index (χ0) is 24.5. The van der Waals surface area contributed by atoms with Crippen LogP contribution in [-0.2, 0) is 0 Å². The average molecular weight is 467 g/mol. The second kappa shape index (κ2) is 8.79. The molecule has 9 nitrogen and oxygen atoms in total. The van der Waals surface area contributed by atoms with Crippen LogP contribution in [0.2, 0.25) is 0 Å². The lowest BCUT2D eigenvalue weighted by molar-refractivity contribution is 0.479. The highest BCUT2D eigenvalue weighted by Crippen LogP contribution is 2.30. The van der Waals surface area contributed by atoms with E-state index in [2.05, 4.69) is 9.97 Å². The van der Waals surface area contributed by atoms with Gasteiger partial charge >= 0.3 is 17.1 Å². The summed E-state index contributed by atoms with van der Waals surface area (Å²) in [5.41, 5.74) is 0.403. The molecule has 0 saturated heterocycles. The molecule has 0 spiro atoms. The minimum atomic E-state index is -0.839. The molecule has 0 bridgehead atoms. The van der Waals surface area contributed by atoms with Crippen LogP contribution >= 0.6 is 0 Å². The number of aromatic nitrogens is 5.